The molecule has 0 heterocycles. The van der Waals surface area contributed by atoms with Gasteiger partial charge in [-0.25, -0.2) is 4.39 Å². The summed E-state index contributed by atoms with van der Waals surface area (Å²) in [5.74, 6) is -0.200. The van der Waals surface area contributed by atoms with E-state index in [1.807, 2.05) is 0 Å². The van der Waals surface area contributed by atoms with Gasteiger partial charge >= 0.3 is 0 Å². The second kappa shape index (κ2) is 7.59. The summed E-state index contributed by atoms with van der Waals surface area (Å²) < 4.78 is 13.6. The summed E-state index contributed by atoms with van der Waals surface area (Å²) in [5, 5.41) is 19.7. The molecule has 2 atom stereocenters. The van der Waals surface area contributed by atoms with Crippen LogP contribution < -0.4 is 5.73 Å². The molecule has 0 bridgehead atoms. The number of benzene rings is 1. The number of nitrogens with two attached hydrogens (primary N) is 1. The van der Waals surface area contributed by atoms with Gasteiger partial charge in [-0.2, -0.15) is 0 Å². The molecule has 6 heteroatoms. The molecule has 1 aromatic rings. The van der Waals surface area contributed by atoms with Crippen molar-refractivity contribution in [3.05, 3.63) is 35.1 Å². The Labute approximate surface area is 115 Å². The van der Waals surface area contributed by atoms with E-state index < -0.39 is 18.0 Å². The Balaban J connectivity index is 2.70. The fourth-order valence-electron chi connectivity index (χ4n) is 1.64. The molecule has 0 saturated heterocycles. The first-order valence-corrected chi connectivity index (χ1v) is 6.92. The van der Waals surface area contributed by atoms with Crippen LogP contribution in [0.5, 0.6) is 0 Å². The third kappa shape index (κ3) is 4.91. The van der Waals surface area contributed by atoms with Crippen molar-refractivity contribution in [1.29, 1.82) is 0 Å². The van der Waals surface area contributed by atoms with E-state index in [2.05, 4.69) is 0 Å². The molecule has 1 rings (SSSR count). The number of aliphatic hydroxyl groups excluding tert-OH is 2. The van der Waals surface area contributed by atoms with Crippen LogP contribution in [0.15, 0.2) is 18.2 Å². The van der Waals surface area contributed by atoms with Crippen LogP contribution in [0.2, 0.25) is 0 Å². The summed E-state index contributed by atoms with van der Waals surface area (Å²) in [5.41, 5.74) is 6.16. The van der Waals surface area contributed by atoms with Crippen molar-refractivity contribution in [2.75, 3.05) is 5.75 Å². The highest BCUT2D eigenvalue weighted by Gasteiger charge is 2.21. The van der Waals surface area contributed by atoms with Crippen molar-refractivity contribution < 1.29 is 19.4 Å². The Hall–Kier alpha value is -0.950. The monoisotopic (exact) mass is 287 g/mol. The zero-order valence-corrected chi connectivity index (χ0v) is 11.5. The molecule has 0 amide bonds. The fourth-order valence-corrected chi connectivity index (χ4v) is 2.28. The van der Waals surface area contributed by atoms with Crippen LogP contribution in [0.25, 0.3) is 0 Å². The summed E-state index contributed by atoms with van der Waals surface area (Å²) in [7, 11) is 0. The first kappa shape index (κ1) is 16.1. The summed E-state index contributed by atoms with van der Waals surface area (Å²) in [6, 6.07) is 4.20. The average Bonchev–Trinajstić information content (AvgIpc) is 2.38. The van der Waals surface area contributed by atoms with Gasteiger partial charge in [-0.1, -0.05) is 17.8 Å². The van der Waals surface area contributed by atoms with E-state index in [9.17, 15) is 19.4 Å². The molecule has 0 radical (unpaired) electrons. The maximum Gasteiger partial charge on any atom is 0.185 e. The lowest BCUT2D eigenvalue weighted by Crippen LogP contribution is -2.20. The molecule has 0 aliphatic heterocycles. The van der Waals surface area contributed by atoms with Crippen molar-refractivity contribution in [3.8, 4) is 0 Å². The largest absolute Gasteiger partial charge is 0.390 e. The Morgan fingerprint density at radius 3 is 2.74 bits per heavy atom. The first-order chi connectivity index (χ1) is 8.95. The molecule has 4 N–H and O–H groups in total. The van der Waals surface area contributed by atoms with Gasteiger partial charge in [0.15, 0.2) is 5.12 Å². The SMILES string of the molecule is CC(=O)SCCC(O)C(O)c1cc(CN)ccc1F. The quantitative estimate of drug-likeness (QED) is 0.735. The number of halogens is 1. The number of hydrogen-bond acceptors (Lipinski definition) is 5. The molecule has 0 aliphatic rings. The lowest BCUT2D eigenvalue weighted by Gasteiger charge is -2.19. The molecule has 4 nitrogen and oxygen atoms in total. The first-order valence-electron chi connectivity index (χ1n) is 5.93. The van der Waals surface area contributed by atoms with Gasteiger partial charge in [-0.15, -0.1) is 0 Å². The number of carbonyl (C=O) groups is 1. The van der Waals surface area contributed by atoms with Gasteiger partial charge in [0.1, 0.15) is 11.9 Å². The molecule has 0 saturated carbocycles. The third-order valence-electron chi connectivity index (χ3n) is 2.70. The summed E-state index contributed by atoms with van der Waals surface area (Å²) in [4.78, 5) is 10.7. The smallest absolute Gasteiger partial charge is 0.185 e. The Morgan fingerprint density at radius 1 is 1.47 bits per heavy atom. The lowest BCUT2D eigenvalue weighted by molar-refractivity contribution is -0.109. The van der Waals surface area contributed by atoms with E-state index in [0.29, 0.717) is 11.3 Å². The van der Waals surface area contributed by atoms with Gasteiger partial charge in [-0.3, -0.25) is 4.79 Å². The van der Waals surface area contributed by atoms with Crippen molar-refractivity contribution in [3.63, 3.8) is 0 Å². The van der Waals surface area contributed by atoms with Gasteiger partial charge in [-0.05, 0) is 24.1 Å². The highest BCUT2D eigenvalue weighted by Crippen LogP contribution is 2.24. The average molecular weight is 287 g/mol. The van der Waals surface area contributed by atoms with Crippen LogP contribution in [0.4, 0.5) is 4.39 Å². The van der Waals surface area contributed by atoms with Crippen molar-refractivity contribution in [2.45, 2.75) is 32.1 Å². The van der Waals surface area contributed by atoms with Gasteiger partial charge in [0, 0.05) is 24.8 Å². The molecule has 2 unspecified atom stereocenters. The molecule has 0 aliphatic carbocycles. The van der Waals surface area contributed by atoms with Gasteiger partial charge in [0.2, 0.25) is 0 Å². The lowest BCUT2D eigenvalue weighted by atomic mass is 10.00. The number of hydrogen-bond donors (Lipinski definition) is 3. The fraction of sp³-hybridized carbons (Fsp3) is 0.462. The van der Waals surface area contributed by atoms with E-state index in [1.54, 1.807) is 0 Å². The van der Waals surface area contributed by atoms with Gasteiger partial charge in [0.25, 0.3) is 0 Å². The summed E-state index contributed by atoms with van der Waals surface area (Å²) in [6.45, 7) is 1.66. The molecule has 0 fully saturated rings. The van der Waals surface area contributed by atoms with Crippen LogP contribution in [0.1, 0.15) is 30.6 Å². The minimum Gasteiger partial charge on any atom is -0.390 e. The Kier molecular flexibility index (Phi) is 6.44. The van der Waals surface area contributed by atoms with E-state index in [4.69, 9.17) is 5.73 Å². The molecule has 1 aromatic carbocycles. The van der Waals surface area contributed by atoms with Crippen molar-refractivity contribution in [1.82, 2.24) is 0 Å². The number of carbonyl (C=O) groups excluding carboxylic acids is 1. The van der Waals surface area contributed by atoms with Crippen LogP contribution in [0, 0.1) is 5.82 Å². The van der Waals surface area contributed by atoms with Crippen LogP contribution in [-0.2, 0) is 11.3 Å². The number of aliphatic hydroxyl groups is 2. The van der Waals surface area contributed by atoms with Crippen molar-refractivity contribution in [2.24, 2.45) is 5.73 Å². The zero-order chi connectivity index (χ0) is 14.4. The van der Waals surface area contributed by atoms with E-state index in [-0.39, 0.29) is 23.6 Å². The maximum absolute atomic E-state index is 13.6. The molecular formula is C13H18FNO3S. The van der Waals surface area contributed by atoms with Crippen LogP contribution in [0.3, 0.4) is 0 Å². The summed E-state index contributed by atoms with van der Waals surface area (Å²) >= 11 is 1.06. The molecule has 106 valence electrons. The van der Waals surface area contributed by atoms with E-state index in [1.165, 1.54) is 25.1 Å². The zero-order valence-electron chi connectivity index (χ0n) is 10.7. The normalized spacial score (nSPS) is 14.2. The van der Waals surface area contributed by atoms with E-state index in [0.717, 1.165) is 11.8 Å². The predicted octanol–water partition coefficient (Wildman–Crippen LogP) is 1.35. The standard InChI is InChI=1S/C13H18FNO3S/c1-8(16)19-5-4-12(17)13(18)10-6-9(7-15)2-3-11(10)14/h2-3,6,12-13,17-18H,4-5,7,15H2,1H3. The maximum atomic E-state index is 13.6. The topological polar surface area (TPSA) is 83.5 Å². The molecule has 0 aromatic heterocycles. The molecular weight excluding hydrogens is 269 g/mol. The number of thioether (sulfide) groups is 1. The second-order valence-corrected chi connectivity index (χ2v) is 5.47. The van der Waals surface area contributed by atoms with E-state index >= 15 is 0 Å². The highest BCUT2D eigenvalue weighted by atomic mass is 32.2. The third-order valence-corrected chi connectivity index (χ3v) is 3.54. The van der Waals surface area contributed by atoms with Crippen LogP contribution >= 0.6 is 11.8 Å². The minimum atomic E-state index is -1.32. The second-order valence-electron chi connectivity index (χ2n) is 4.20. The van der Waals surface area contributed by atoms with Gasteiger partial charge in [0.05, 0.1) is 6.10 Å². The number of rotatable bonds is 6. The van der Waals surface area contributed by atoms with Gasteiger partial charge < -0.3 is 15.9 Å². The summed E-state index contributed by atoms with van der Waals surface area (Å²) in [6.07, 6.45) is -2.23. The minimum absolute atomic E-state index is 0.0308. The Bertz CT molecular complexity index is 442. The highest BCUT2D eigenvalue weighted by molar-refractivity contribution is 8.13. The molecule has 19 heavy (non-hydrogen) atoms. The van der Waals surface area contributed by atoms with Crippen molar-refractivity contribution >= 4 is 16.9 Å². The van der Waals surface area contributed by atoms with Crippen LogP contribution in [-0.4, -0.2) is 27.2 Å². The Morgan fingerprint density at radius 2 is 2.16 bits per heavy atom. The predicted molar refractivity (Wildman–Crippen MR) is 73.0 cm³/mol. The molecule has 0 spiro atoms.